The fourth-order valence-corrected chi connectivity index (χ4v) is 3.40. The lowest BCUT2D eigenvalue weighted by Crippen LogP contribution is -2.51. The summed E-state index contributed by atoms with van der Waals surface area (Å²) in [5.74, 6) is 0. The van der Waals surface area contributed by atoms with Crippen LogP contribution in [-0.2, 0) is 13.6 Å². The van der Waals surface area contributed by atoms with Gasteiger partial charge in [-0.2, -0.15) is 0 Å². The van der Waals surface area contributed by atoms with Crippen LogP contribution in [0.15, 0.2) is 0 Å². The number of hydrogen-bond donors (Lipinski definition) is 1. The molecule has 0 amide bonds. The third-order valence-electron chi connectivity index (χ3n) is 3.04. The lowest BCUT2D eigenvalue weighted by Gasteiger charge is -2.39. The molecular formula is C8H17NO4P+. The highest BCUT2D eigenvalue weighted by atomic mass is 31.2. The predicted molar refractivity (Wildman–Crippen MR) is 50.4 cm³/mol. The van der Waals surface area contributed by atoms with Crippen LogP contribution >= 0.6 is 7.82 Å². The molecule has 2 aliphatic heterocycles. The Morgan fingerprint density at radius 2 is 2.14 bits per heavy atom. The van der Waals surface area contributed by atoms with Crippen LogP contribution in [-0.4, -0.2) is 42.3 Å². The monoisotopic (exact) mass is 222 g/mol. The first kappa shape index (κ1) is 10.6. The second-order valence-corrected chi connectivity index (χ2v) is 5.99. The average Bonchev–Trinajstić information content (AvgIpc) is 2.08. The van der Waals surface area contributed by atoms with Crippen LogP contribution in [0.4, 0.5) is 0 Å². The maximum absolute atomic E-state index is 11.4. The van der Waals surface area contributed by atoms with E-state index in [-0.39, 0.29) is 12.3 Å². The highest BCUT2D eigenvalue weighted by Gasteiger charge is 2.46. The van der Waals surface area contributed by atoms with Gasteiger partial charge in [-0.1, -0.05) is 0 Å². The summed E-state index contributed by atoms with van der Waals surface area (Å²) in [6.45, 7) is 0.963. The topological polar surface area (TPSA) is 55.8 Å². The van der Waals surface area contributed by atoms with E-state index in [9.17, 15) is 9.46 Å². The fraction of sp³-hybridized carbons (Fsp3) is 1.00. The van der Waals surface area contributed by atoms with E-state index < -0.39 is 7.82 Å². The molecule has 2 aliphatic rings. The summed E-state index contributed by atoms with van der Waals surface area (Å²) in [5, 5.41) is 0. The van der Waals surface area contributed by atoms with Gasteiger partial charge in [-0.05, 0) is 12.8 Å². The molecule has 0 aromatic carbocycles. The number of quaternary nitrogens is 1. The normalized spacial score (nSPS) is 47.1. The Morgan fingerprint density at radius 3 is 2.86 bits per heavy atom. The molecule has 2 rings (SSSR count). The van der Waals surface area contributed by atoms with Gasteiger partial charge in [0.05, 0.1) is 33.2 Å². The van der Waals surface area contributed by atoms with Crippen LogP contribution in [0.2, 0.25) is 0 Å². The molecule has 0 radical (unpaired) electrons. The smallest absolute Gasteiger partial charge is 0.303 e. The number of phosphoric acid groups is 1. The minimum absolute atomic E-state index is 0.107. The highest BCUT2D eigenvalue weighted by Crippen LogP contribution is 2.53. The maximum atomic E-state index is 11.4. The Bertz CT molecular complexity index is 281. The number of rotatable bonds is 0. The molecule has 2 saturated heterocycles. The number of likely N-dealkylation sites (tertiary alicyclic amines) is 1. The van der Waals surface area contributed by atoms with Gasteiger partial charge >= 0.3 is 7.82 Å². The number of hydrogen-bond acceptors (Lipinski definition) is 3. The van der Waals surface area contributed by atoms with Crippen LogP contribution in [0.3, 0.4) is 0 Å². The number of nitrogens with zero attached hydrogens (tertiary/aromatic N) is 1. The SMILES string of the molecule is C[N+]1(C)CCCC2CC1OP(=O)(O)O2. The summed E-state index contributed by atoms with van der Waals surface area (Å²) in [6, 6.07) is 0. The van der Waals surface area contributed by atoms with Gasteiger partial charge in [0.15, 0.2) is 0 Å². The van der Waals surface area contributed by atoms with Gasteiger partial charge in [0.1, 0.15) is 0 Å². The van der Waals surface area contributed by atoms with E-state index in [0.717, 1.165) is 25.8 Å². The predicted octanol–water partition coefficient (Wildman–Crippen LogP) is 1.09. The Balaban J connectivity index is 2.23. The Morgan fingerprint density at radius 1 is 1.43 bits per heavy atom. The molecule has 1 N–H and O–H groups in total. The lowest BCUT2D eigenvalue weighted by atomic mass is 10.1. The van der Waals surface area contributed by atoms with Crippen molar-refractivity contribution in [2.45, 2.75) is 31.6 Å². The van der Waals surface area contributed by atoms with Gasteiger partial charge in [-0.15, -0.1) is 0 Å². The van der Waals surface area contributed by atoms with Crippen molar-refractivity contribution in [3.05, 3.63) is 0 Å². The summed E-state index contributed by atoms with van der Waals surface area (Å²) in [5.41, 5.74) is 0. The first-order valence-corrected chi connectivity index (χ1v) is 6.41. The minimum atomic E-state index is -3.79. The summed E-state index contributed by atoms with van der Waals surface area (Å²) >= 11 is 0. The first-order chi connectivity index (χ1) is 6.39. The molecule has 0 spiro atoms. The van der Waals surface area contributed by atoms with Crippen molar-refractivity contribution < 1.29 is 23.0 Å². The zero-order valence-corrected chi connectivity index (χ0v) is 9.44. The van der Waals surface area contributed by atoms with E-state index in [1.807, 2.05) is 14.1 Å². The molecule has 2 bridgehead atoms. The quantitative estimate of drug-likeness (QED) is 0.492. The second-order valence-electron chi connectivity index (χ2n) is 4.64. The summed E-state index contributed by atoms with van der Waals surface area (Å²) in [4.78, 5) is 9.34. The fourth-order valence-electron chi connectivity index (χ4n) is 2.13. The molecule has 0 aromatic heterocycles. The first-order valence-electron chi connectivity index (χ1n) is 4.91. The van der Waals surface area contributed by atoms with E-state index >= 15 is 0 Å². The van der Waals surface area contributed by atoms with Gasteiger partial charge in [0, 0.05) is 0 Å². The number of phosphoric ester groups is 1. The lowest BCUT2D eigenvalue weighted by molar-refractivity contribution is -0.933. The Kier molecular flexibility index (Phi) is 2.48. The molecule has 82 valence electrons. The molecular weight excluding hydrogens is 205 g/mol. The van der Waals surface area contributed by atoms with Crippen LogP contribution in [0, 0.1) is 0 Å². The molecule has 5 nitrogen and oxygen atoms in total. The number of fused-ring (bicyclic) bond motifs is 2. The van der Waals surface area contributed by atoms with Gasteiger partial charge < -0.3 is 9.38 Å². The zero-order valence-electron chi connectivity index (χ0n) is 8.55. The molecule has 14 heavy (non-hydrogen) atoms. The third-order valence-corrected chi connectivity index (χ3v) is 4.12. The molecule has 2 heterocycles. The van der Waals surface area contributed by atoms with Gasteiger partial charge in [-0.25, -0.2) is 9.09 Å². The van der Waals surface area contributed by atoms with E-state index in [1.165, 1.54) is 0 Å². The summed E-state index contributed by atoms with van der Waals surface area (Å²) < 4.78 is 22.1. The van der Waals surface area contributed by atoms with E-state index in [2.05, 4.69) is 0 Å². The van der Waals surface area contributed by atoms with Crippen LogP contribution in [0.5, 0.6) is 0 Å². The van der Waals surface area contributed by atoms with E-state index in [4.69, 9.17) is 9.05 Å². The summed E-state index contributed by atoms with van der Waals surface area (Å²) in [7, 11) is 0.265. The molecule has 2 fully saturated rings. The molecule has 0 aliphatic carbocycles. The van der Waals surface area contributed by atoms with E-state index in [1.54, 1.807) is 0 Å². The van der Waals surface area contributed by atoms with E-state index in [0.29, 0.717) is 4.48 Å². The van der Waals surface area contributed by atoms with Crippen molar-refractivity contribution >= 4 is 7.82 Å². The standard InChI is InChI=1S/C8H16NO4P/c1-9(2)5-3-4-7-6-8(9)13-14(10,11)12-7/h7-8H,3-6H2,1-2H3/p+1. The zero-order chi connectivity index (χ0) is 10.4. The van der Waals surface area contributed by atoms with Crippen LogP contribution in [0.1, 0.15) is 19.3 Å². The molecule has 0 aromatic rings. The van der Waals surface area contributed by atoms with Crippen molar-refractivity contribution in [1.29, 1.82) is 0 Å². The van der Waals surface area contributed by atoms with Crippen molar-refractivity contribution in [2.75, 3.05) is 20.6 Å². The van der Waals surface area contributed by atoms with Crippen LogP contribution in [0.25, 0.3) is 0 Å². The highest BCUT2D eigenvalue weighted by molar-refractivity contribution is 7.47. The molecule has 3 unspecified atom stereocenters. The molecule has 3 atom stereocenters. The van der Waals surface area contributed by atoms with Crippen molar-refractivity contribution in [2.24, 2.45) is 0 Å². The average molecular weight is 222 g/mol. The van der Waals surface area contributed by atoms with Crippen LogP contribution < -0.4 is 0 Å². The van der Waals surface area contributed by atoms with Gasteiger partial charge in [0.25, 0.3) is 0 Å². The Labute approximate surface area is 83.8 Å². The van der Waals surface area contributed by atoms with Crippen molar-refractivity contribution in [1.82, 2.24) is 0 Å². The molecule has 0 saturated carbocycles. The summed E-state index contributed by atoms with van der Waals surface area (Å²) in [6.07, 6.45) is 2.28. The molecule has 6 heteroatoms. The minimum Gasteiger partial charge on any atom is -0.303 e. The second kappa shape index (κ2) is 3.29. The van der Waals surface area contributed by atoms with Crippen molar-refractivity contribution in [3.8, 4) is 0 Å². The van der Waals surface area contributed by atoms with Crippen molar-refractivity contribution in [3.63, 3.8) is 0 Å². The Hall–Kier alpha value is 0.0700. The maximum Gasteiger partial charge on any atom is 0.477 e. The third kappa shape index (κ3) is 2.02. The van der Waals surface area contributed by atoms with Gasteiger partial charge in [0.2, 0.25) is 6.23 Å². The largest absolute Gasteiger partial charge is 0.477 e. The van der Waals surface area contributed by atoms with Gasteiger partial charge in [-0.3, -0.25) is 4.52 Å².